The number of hydrogen-bond donors (Lipinski definition) is 4. The van der Waals surface area contributed by atoms with Gasteiger partial charge in [-0.25, -0.2) is 0 Å². The topological polar surface area (TPSA) is 95.6 Å². The maximum absolute atomic E-state index is 11.4. The molecule has 1 unspecified atom stereocenters. The monoisotopic (exact) mass is 218 g/mol. The third kappa shape index (κ3) is 6.43. The molecular weight excluding hydrogens is 196 g/mol. The predicted octanol–water partition coefficient (Wildman–Crippen LogP) is -0.781. The predicted molar refractivity (Wildman–Crippen MR) is 58.1 cm³/mol. The molecule has 0 aromatic rings. The summed E-state index contributed by atoms with van der Waals surface area (Å²) in [5.74, 6) is 0.0570. The summed E-state index contributed by atoms with van der Waals surface area (Å²) in [4.78, 5) is 11.4. The minimum absolute atomic E-state index is 0.00806. The molecule has 0 aromatic heterocycles. The third-order valence-electron chi connectivity index (χ3n) is 2.05. The summed E-state index contributed by atoms with van der Waals surface area (Å²) in [6.45, 7) is 5.02. The van der Waals surface area contributed by atoms with Crippen molar-refractivity contribution >= 4 is 5.91 Å². The lowest BCUT2D eigenvalue weighted by atomic mass is 10.0. The maximum atomic E-state index is 11.4. The largest absolute Gasteiger partial charge is 0.393 e. The van der Waals surface area contributed by atoms with Gasteiger partial charge in [0.1, 0.15) is 5.60 Å². The van der Waals surface area contributed by atoms with Crippen molar-refractivity contribution in [3.05, 3.63) is 0 Å². The molecule has 0 rings (SSSR count). The maximum Gasteiger partial charge on any atom is 0.237 e. The molecule has 90 valence electrons. The first-order valence-corrected chi connectivity index (χ1v) is 5.15. The molecule has 1 amide bonds. The number of aliphatic hydroxyl groups is 2. The van der Waals surface area contributed by atoms with Crippen molar-refractivity contribution in [2.24, 2.45) is 11.7 Å². The van der Waals surface area contributed by atoms with E-state index in [1.165, 1.54) is 6.92 Å². The molecule has 0 bridgehead atoms. The van der Waals surface area contributed by atoms with Gasteiger partial charge in [-0.3, -0.25) is 4.79 Å². The van der Waals surface area contributed by atoms with Crippen LogP contribution in [0.15, 0.2) is 0 Å². The average Bonchev–Trinajstić information content (AvgIpc) is 2.13. The number of nitrogens with one attached hydrogen (secondary N) is 1. The summed E-state index contributed by atoms with van der Waals surface area (Å²) in [5, 5.41) is 20.7. The van der Waals surface area contributed by atoms with E-state index in [1.807, 2.05) is 13.8 Å². The Bertz CT molecular complexity index is 205. The number of hydrogen-bond acceptors (Lipinski definition) is 4. The zero-order chi connectivity index (χ0) is 12.1. The van der Waals surface area contributed by atoms with Crippen molar-refractivity contribution < 1.29 is 15.0 Å². The van der Waals surface area contributed by atoms with E-state index in [4.69, 9.17) is 10.8 Å². The number of nitrogens with two attached hydrogens (primary N) is 1. The molecule has 15 heavy (non-hydrogen) atoms. The van der Waals surface area contributed by atoms with E-state index >= 15 is 0 Å². The number of rotatable bonds is 6. The van der Waals surface area contributed by atoms with Crippen molar-refractivity contribution in [2.45, 2.75) is 38.8 Å². The summed E-state index contributed by atoms with van der Waals surface area (Å²) < 4.78 is 0. The van der Waals surface area contributed by atoms with Gasteiger partial charge in [0.2, 0.25) is 5.91 Å². The van der Waals surface area contributed by atoms with Crippen LogP contribution in [0.4, 0.5) is 0 Å². The molecule has 0 fully saturated rings. The number of carbonyl (C=O) groups excluding carboxylic acids is 1. The lowest BCUT2D eigenvalue weighted by Crippen LogP contribution is -2.48. The van der Waals surface area contributed by atoms with Gasteiger partial charge >= 0.3 is 0 Å². The Balaban J connectivity index is 3.93. The molecule has 0 aromatic carbocycles. The van der Waals surface area contributed by atoms with Crippen molar-refractivity contribution in [1.82, 2.24) is 5.32 Å². The van der Waals surface area contributed by atoms with Crippen molar-refractivity contribution in [3.8, 4) is 0 Å². The van der Waals surface area contributed by atoms with E-state index in [1.54, 1.807) is 0 Å². The van der Waals surface area contributed by atoms with Gasteiger partial charge in [-0.15, -0.1) is 0 Å². The molecule has 5 N–H and O–H groups in total. The lowest BCUT2D eigenvalue weighted by Gasteiger charge is -2.22. The second kappa shape index (κ2) is 6.05. The number of aliphatic hydroxyl groups excluding tert-OH is 1. The van der Waals surface area contributed by atoms with Crippen LogP contribution in [0.25, 0.3) is 0 Å². The van der Waals surface area contributed by atoms with Crippen LogP contribution < -0.4 is 11.1 Å². The molecule has 0 aliphatic heterocycles. The van der Waals surface area contributed by atoms with E-state index in [2.05, 4.69) is 5.32 Å². The van der Waals surface area contributed by atoms with Crippen LogP contribution >= 0.6 is 0 Å². The van der Waals surface area contributed by atoms with E-state index in [0.29, 0.717) is 12.3 Å². The normalized spacial score (nSPS) is 17.3. The molecule has 0 aliphatic rings. The second-order valence-corrected chi connectivity index (χ2v) is 4.61. The molecule has 0 aliphatic carbocycles. The summed E-state index contributed by atoms with van der Waals surface area (Å²) >= 11 is 0. The van der Waals surface area contributed by atoms with E-state index in [9.17, 15) is 9.90 Å². The van der Waals surface area contributed by atoms with Crippen LogP contribution in [0.1, 0.15) is 27.2 Å². The molecular formula is C10H22N2O3. The van der Waals surface area contributed by atoms with Crippen molar-refractivity contribution in [2.75, 3.05) is 13.2 Å². The van der Waals surface area contributed by atoms with Gasteiger partial charge in [-0.2, -0.15) is 0 Å². The summed E-state index contributed by atoms with van der Waals surface area (Å²) in [6, 6.07) is -0.556. The average molecular weight is 218 g/mol. The highest BCUT2D eigenvalue weighted by Crippen LogP contribution is 2.03. The molecule has 0 saturated carbocycles. The summed E-state index contributed by atoms with van der Waals surface area (Å²) in [5.41, 5.74) is 4.35. The highest BCUT2D eigenvalue weighted by atomic mass is 16.3. The second-order valence-electron chi connectivity index (χ2n) is 4.61. The Morgan fingerprint density at radius 3 is 2.47 bits per heavy atom. The fraction of sp³-hybridized carbons (Fsp3) is 0.900. The first-order chi connectivity index (χ1) is 6.78. The number of carbonyl (C=O) groups is 1. The minimum atomic E-state index is -1.28. The smallest absolute Gasteiger partial charge is 0.237 e. The Hall–Kier alpha value is -0.650. The SMILES string of the molecule is CC(C)C[C@@H](N)C(=O)NCC(C)(O)CO. The molecule has 2 atom stereocenters. The van der Waals surface area contributed by atoms with Gasteiger partial charge in [-0.1, -0.05) is 13.8 Å². The summed E-state index contributed by atoms with van der Waals surface area (Å²) in [6.07, 6.45) is 0.604. The van der Waals surface area contributed by atoms with Gasteiger partial charge in [0.25, 0.3) is 0 Å². The van der Waals surface area contributed by atoms with E-state index in [0.717, 1.165) is 0 Å². The fourth-order valence-electron chi connectivity index (χ4n) is 1.08. The van der Waals surface area contributed by atoms with E-state index < -0.39 is 18.2 Å². The fourth-order valence-corrected chi connectivity index (χ4v) is 1.08. The Kier molecular flexibility index (Phi) is 5.79. The molecule has 0 radical (unpaired) electrons. The Morgan fingerprint density at radius 1 is 1.53 bits per heavy atom. The quantitative estimate of drug-likeness (QED) is 0.470. The zero-order valence-electron chi connectivity index (χ0n) is 9.66. The highest BCUT2D eigenvalue weighted by molar-refractivity contribution is 5.81. The Morgan fingerprint density at radius 2 is 2.07 bits per heavy atom. The Labute approximate surface area is 90.7 Å². The van der Waals surface area contributed by atoms with Crippen LogP contribution in [0.2, 0.25) is 0 Å². The first-order valence-electron chi connectivity index (χ1n) is 5.15. The van der Waals surface area contributed by atoms with Crippen molar-refractivity contribution in [1.29, 1.82) is 0 Å². The van der Waals surface area contributed by atoms with Gasteiger partial charge in [-0.05, 0) is 19.3 Å². The molecule has 0 heterocycles. The first kappa shape index (κ1) is 14.3. The van der Waals surface area contributed by atoms with Gasteiger partial charge in [0, 0.05) is 6.54 Å². The van der Waals surface area contributed by atoms with Crippen LogP contribution in [-0.4, -0.2) is 40.9 Å². The highest BCUT2D eigenvalue weighted by Gasteiger charge is 2.22. The van der Waals surface area contributed by atoms with Gasteiger partial charge < -0.3 is 21.3 Å². The third-order valence-corrected chi connectivity index (χ3v) is 2.05. The molecule has 0 saturated heterocycles. The molecule has 5 nitrogen and oxygen atoms in total. The van der Waals surface area contributed by atoms with Gasteiger partial charge in [0.05, 0.1) is 12.6 Å². The standard InChI is InChI=1S/C10H22N2O3/c1-7(2)4-8(11)9(14)12-5-10(3,15)6-13/h7-8,13,15H,4-6,11H2,1-3H3,(H,12,14)/t8-,10?/m1/s1. The number of amides is 1. The van der Waals surface area contributed by atoms with E-state index in [-0.39, 0.29) is 12.5 Å². The molecule has 0 spiro atoms. The molecule has 5 heteroatoms. The van der Waals surface area contributed by atoms with Crippen molar-refractivity contribution in [3.63, 3.8) is 0 Å². The zero-order valence-corrected chi connectivity index (χ0v) is 9.66. The minimum Gasteiger partial charge on any atom is -0.393 e. The van der Waals surface area contributed by atoms with Crippen LogP contribution in [0.5, 0.6) is 0 Å². The summed E-state index contributed by atoms with van der Waals surface area (Å²) in [7, 11) is 0. The van der Waals surface area contributed by atoms with Gasteiger partial charge in [0.15, 0.2) is 0 Å². The van der Waals surface area contributed by atoms with Crippen LogP contribution in [0, 0.1) is 5.92 Å². The van der Waals surface area contributed by atoms with Crippen LogP contribution in [-0.2, 0) is 4.79 Å². The lowest BCUT2D eigenvalue weighted by molar-refractivity contribution is -0.124. The van der Waals surface area contributed by atoms with Crippen LogP contribution in [0.3, 0.4) is 0 Å².